The Morgan fingerprint density at radius 1 is 1.57 bits per heavy atom. The van der Waals surface area contributed by atoms with E-state index < -0.39 is 5.82 Å². The van der Waals surface area contributed by atoms with Gasteiger partial charge in [-0.1, -0.05) is 19.8 Å². The smallest absolute Gasteiger partial charge is 0.251 e. The van der Waals surface area contributed by atoms with E-state index in [2.05, 4.69) is 12.2 Å². The normalized spacial score (nSPS) is 25.4. The fraction of sp³-hybridized carbons (Fsp3) is 0.562. The summed E-state index contributed by atoms with van der Waals surface area (Å²) in [6, 6.07) is 4.12. The molecule has 1 aliphatic rings. The van der Waals surface area contributed by atoms with Gasteiger partial charge >= 0.3 is 0 Å². The van der Waals surface area contributed by atoms with Crippen molar-refractivity contribution in [3.8, 4) is 5.75 Å². The highest BCUT2D eigenvalue weighted by Crippen LogP contribution is 2.32. The Morgan fingerprint density at radius 2 is 2.33 bits per heavy atom. The van der Waals surface area contributed by atoms with Crippen LogP contribution < -0.4 is 15.8 Å². The highest BCUT2D eigenvalue weighted by molar-refractivity contribution is 5.95. The third-order valence-corrected chi connectivity index (χ3v) is 4.27. The maximum Gasteiger partial charge on any atom is 0.251 e. The van der Waals surface area contributed by atoms with Crippen molar-refractivity contribution in [2.24, 2.45) is 11.7 Å². The first-order valence-electron chi connectivity index (χ1n) is 7.36. The summed E-state index contributed by atoms with van der Waals surface area (Å²) >= 11 is 0. The molecule has 1 fully saturated rings. The monoisotopic (exact) mass is 294 g/mol. The first-order chi connectivity index (χ1) is 9.99. The quantitative estimate of drug-likeness (QED) is 0.896. The summed E-state index contributed by atoms with van der Waals surface area (Å²) in [5, 5.41) is 3.06. The third kappa shape index (κ3) is 3.53. The van der Waals surface area contributed by atoms with Crippen molar-refractivity contribution in [2.45, 2.75) is 38.1 Å². The van der Waals surface area contributed by atoms with Crippen LogP contribution in [0.1, 0.15) is 43.0 Å². The van der Waals surface area contributed by atoms with Crippen molar-refractivity contribution in [1.29, 1.82) is 0 Å². The van der Waals surface area contributed by atoms with Crippen molar-refractivity contribution in [3.05, 3.63) is 29.6 Å². The highest BCUT2D eigenvalue weighted by atomic mass is 19.1. The molecule has 0 heterocycles. The second-order valence-electron chi connectivity index (χ2n) is 5.99. The van der Waals surface area contributed by atoms with Crippen LogP contribution in [0, 0.1) is 11.7 Å². The number of nitrogens with one attached hydrogen (secondary N) is 1. The Labute approximate surface area is 124 Å². The number of hydrogen-bond donors (Lipinski definition) is 2. The lowest BCUT2D eigenvalue weighted by atomic mass is 9.76. The molecule has 1 aliphatic carbocycles. The molecule has 116 valence electrons. The molecule has 2 rings (SSSR count). The lowest BCUT2D eigenvalue weighted by Gasteiger charge is -2.40. The number of nitrogens with two attached hydrogens (primary N) is 1. The third-order valence-electron chi connectivity index (χ3n) is 4.27. The largest absolute Gasteiger partial charge is 0.494 e. The van der Waals surface area contributed by atoms with Crippen LogP contribution in [-0.2, 0) is 0 Å². The summed E-state index contributed by atoms with van der Waals surface area (Å²) in [5.74, 6) is -0.0893. The topological polar surface area (TPSA) is 64.3 Å². The number of carbonyl (C=O) groups is 1. The van der Waals surface area contributed by atoms with Crippen molar-refractivity contribution in [3.63, 3.8) is 0 Å². The molecule has 21 heavy (non-hydrogen) atoms. The molecule has 1 aromatic carbocycles. The first-order valence-corrected chi connectivity index (χ1v) is 7.36. The number of ether oxygens (including phenoxy) is 1. The molecule has 5 heteroatoms. The van der Waals surface area contributed by atoms with Gasteiger partial charge in [0.25, 0.3) is 5.91 Å². The standard InChI is InChI=1S/C16H23FN2O2/c1-11-4-3-7-16(9-11,10-18)19-15(20)12-5-6-13(17)14(8-12)21-2/h5-6,8,11H,3-4,7,9-10,18H2,1-2H3,(H,19,20). The van der Waals surface area contributed by atoms with Gasteiger partial charge < -0.3 is 15.8 Å². The number of rotatable bonds is 4. The molecule has 2 atom stereocenters. The summed E-state index contributed by atoms with van der Waals surface area (Å²) in [7, 11) is 1.38. The van der Waals surface area contributed by atoms with Crippen LogP contribution in [0.2, 0.25) is 0 Å². The number of methoxy groups -OCH3 is 1. The van der Waals surface area contributed by atoms with Gasteiger partial charge in [0.2, 0.25) is 0 Å². The van der Waals surface area contributed by atoms with Crippen LogP contribution in [0.4, 0.5) is 4.39 Å². The maximum absolute atomic E-state index is 13.4. The average molecular weight is 294 g/mol. The number of hydrogen-bond acceptors (Lipinski definition) is 3. The molecule has 1 aromatic rings. The minimum atomic E-state index is -0.478. The Kier molecular flexibility index (Phi) is 4.83. The van der Waals surface area contributed by atoms with E-state index in [1.807, 2.05) is 0 Å². The zero-order valence-corrected chi connectivity index (χ0v) is 12.6. The molecule has 0 bridgehead atoms. The number of halogens is 1. The van der Waals surface area contributed by atoms with E-state index in [-0.39, 0.29) is 17.2 Å². The predicted molar refractivity (Wildman–Crippen MR) is 79.8 cm³/mol. The van der Waals surface area contributed by atoms with Crippen LogP contribution >= 0.6 is 0 Å². The molecule has 3 N–H and O–H groups in total. The van der Waals surface area contributed by atoms with Gasteiger partial charge in [-0.2, -0.15) is 0 Å². The van der Waals surface area contributed by atoms with Crippen molar-refractivity contribution in [2.75, 3.05) is 13.7 Å². The number of carbonyl (C=O) groups excluding carboxylic acids is 1. The second-order valence-corrected chi connectivity index (χ2v) is 5.99. The summed E-state index contributed by atoms with van der Waals surface area (Å²) in [6.45, 7) is 2.60. The molecular weight excluding hydrogens is 271 g/mol. The van der Waals surface area contributed by atoms with Crippen molar-refractivity contribution in [1.82, 2.24) is 5.32 Å². The molecular formula is C16H23FN2O2. The van der Waals surface area contributed by atoms with E-state index in [0.717, 1.165) is 19.3 Å². The number of amides is 1. The molecule has 0 aromatic heterocycles. The van der Waals surface area contributed by atoms with Crippen molar-refractivity contribution >= 4 is 5.91 Å². The predicted octanol–water partition coefficient (Wildman–Crippen LogP) is 2.47. The van der Waals surface area contributed by atoms with E-state index in [0.29, 0.717) is 18.0 Å². The van der Waals surface area contributed by atoms with Gasteiger partial charge in [-0.05, 0) is 37.0 Å². The van der Waals surface area contributed by atoms with E-state index >= 15 is 0 Å². The SMILES string of the molecule is COc1cc(C(=O)NC2(CN)CCCC(C)C2)ccc1F. The zero-order chi connectivity index (χ0) is 15.5. The van der Waals surface area contributed by atoms with Crippen LogP contribution in [0.25, 0.3) is 0 Å². The van der Waals surface area contributed by atoms with Crippen LogP contribution in [0.3, 0.4) is 0 Å². The van der Waals surface area contributed by atoms with Crippen LogP contribution in [0.15, 0.2) is 18.2 Å². The second kappa shape index (κ2) is 6.43. The molecule has 0 saturated heterocycles. The zero-order valence-electron chi connectivity index (χ0n) is 12.6. The molecule has 4 nitrogen and oxygen atoms in total. The van der Waals surface area contributed by atoms with Gasteiger partial charge in [0, 0.05) is 12.1 Å². The van der Waals surface area contributed by atoms with E-state index in [1.54, 1.807) is 0 Å². The van der Waals surface area contributed by atoms with Gasteiger partial charge in [0.15, 0.2) is 11.6 Å². The molecule has 0 spiro atoms. The summed E-state index contributed by atoms with van der Waals surface area (Å²) in [4.78, 5) is 12.4. The minimum absolute atomic E-state index is 0.0708. The van der Waals surface area contributed by atoms with Crippen molar-refractivity contribution < 1.29 is 13.9 Å². The fourth-order valence-electron chi connectivity index (χ4n) is 3.12. The molecule has 0 radical (unpaired) electrons. The Bertz CT molecular complexity index is 521. The number of benzene rings is 1. The Hall–Kier alpha value is -1.62. The van der Waals surface area contributed by atoms with Gasteiger partial charge in [-0.3, -0.25) is 4.79 Å². The molecule has 1 amide bonds. The maximum atomic E-state index is 13.4. The lowest BCUT2D eigenvalue weighted by Crippen LogP contribution is -2.56. The minimum Gasteiger partial charge on any atom is -0.494 e. The van der Waals surface area contributed by atoms with E-state index in [1.165, 1.54) is 31.7 Å². The lowest BCUT2D eigenvalue weighted by molar-refractivity contribution is 0.0853. The van der Waals surface area contributed by atoms with E-state index in [4.69, 9.17) is 10.5 Å². The molecule has 0 aliphatic heterocycles. The average Bonchev–Trinajstić information content (AvgIpc) is 2.47. The molecule has 2 unspecified atom stereocenters. The van der Waals surface area contributed by atoms with Gasteiger partial charge in [0.05, 0.1) is 12.6 Å². The van der Waals surface area contributed by atoms with Gasteiger partial charge in [-0.25, -0.2) is 4.39 Å². The van der Waals surface area contributed by atoms with Gasteiger partial charge in [-0.15, -0.1) is 0 Å². The Balaban J connectivity index is 2.16. The summed E-state index contributed by atoms with van der Waals surface area (Å²) in [6.07, 6.45) is 4.00. The molecule has 1 saturated carbocycles. The van der Waals surface area contributed by atoms with Gasteiger partial charge in [0.1, 0.15) is 0 Å². The van der Waals surface area contributed by atoms with E-state index in [9.17, 15) is 9.18 Å². The van der Waals surface area contributed by atoms with Crippen LogP contribution in [0.5, 0.6) is 5.75 Å². The summed E-state index contributed by atoms with van der Waals surface area (Å²) in [5.41, 5.74) is 5.95. The summed E-state index contributed by atoms with van der Waals surface area (Å²) < 4.78 is 18.3. The highest BCUT2D eigenvalue weighted by Gasteiger charge is 2.35. The first kappa shape index (κ1) is 15.8. The Morgan fingerprint density at radius 3 is 2.95 bits per heavy atom. The fourth-order valence-corrected chi connectivity index (χ4v) is 3.12. The van der Waals surface area contributed by atoms with Crippen LogP contribution in [-0.4, -0.2) is 25.1 Å².